The topological polar surface area (TPSA) is 9.23 Å². The maximum Gasteiger partial charge on any atom is 0.174 e. The number of hydrogen-bond acceptors (Lipinski definition) is 2. The highest BCUT2D eigenvalue weighted by Crippen LogP contribution is 2.39. The first-order valence-electron chi connectivity index (χ1n) is 11.0. The molecule has 30 heavy (non-hydrogen) atoms. The summed E-state index contributed by atoms with van der Waals surface area (Å²) in [5, 5.41) is 0.767. The molecule has 0 aliphatic heterocycles. The maximum absolute atomic E-state index is 14.9. The lowest BCUT2D eigenvalue weighted by Gasteiger charge is -2.24. The second-order valence-corrected chi connectivity index (χ2v) is 9.66. The summed E-state index contributed by atoms with van der Waals surface area (Å²) in [5.41, 5.74) is 2.63. The summed E-state index contributed by atoms with van der Waals surface area (Å²) in [6.07, 6.45) is 8.74. The van der Waals surface area contributed by atoms with E-state index in [4.69, 9.17) is 4.74 Å². The third-order valence-electron chi connectivity index (χ3n) is 6.66. The van der Waals surface area contributed by atoms with E-state index in [1.54, 1.807) is 12.1 Å². The molecule has 1 heterocycles. The molecule has 1 aromatic heterocycles. The highest BCUT2D eigenvalue weighted by Gasteiger charge is 2.21. The zero-order chi connectivity index (χ0) is 20.5. The molecular weight excluding hydrogens is 398 g/mol. The van der Waals surface area contributed by atoms with E-state index in [9.17, 15) is 8.78 Å². The second kappa shape index (κ2) is 8.50. The maximum atomic E-state index is 14.9. The summed E-state index contributed by atoms with van der Waals surface area (Å²) in [4.78, 5) is 0.693. The van der Waals surface area contributed by atoms with Crippen molar-refractivity contribution < 1.29 is 13.5 Å². The van der Waals surface area contributed by atoms with Crippen molar-refractivity contribution in [3.05, 3.63) is 65.7 Å². The Morgan fingerprint density at radius 2 is 1.47 bits per heavy atom. The fourth-order valence-electron chi connectivity index (χ4n) is 4.56. The summed E-state index contributed by atoms with van der Waals surface area (Å²) in [6.45, 7) is 0.715. The molecule has 0 N–H and O–H groups in total. The van der Waals surface area contributed by atoms with Crippen LogP contribution in [0.25, 0.3) is 21.6 Å². The van der Waals surface area contributed by atoms with Crippen molar-refractivity contribution in [3.63, 3.8) is 0 Å². The first-order chi connectivity index (χ1) is 14.7. The van der Waals surface area contributed by atoms with Crippen LogP contribution in [0.2, 0.25) is 0 Å². The molecule has 2 aromatic carbocycles. The van der Waals surface area contributed by atoms with Gasteiger partial charge in [-0.05, 0) is 66.8 Å². The highest BCUT2D eigenvalue weighted by molar-refractivity contribution is 7.17. The molecular formula is C26H26F2OS. The zero-order valence-electron chi connectivity index (χ0n) is 17.0. The van der Waals surface area contributed by atoms with Gasteiger partial charge >= 0.3 is 0 Å². The van der Waals surface area contributed by atoms with Gasteiger partial charge in [0.05, 0.1) is 6.61 Å². The van der Waals surface area contributed by atoms with Gasteiger partial charge < -0.3 is 4.74 Å². The lowest BCUT2D eigenvalue weighted by molar-refractivity contribution is 0.184. The van der Waals surface area contributed by atoms with Gasteiger partial charge in [-0.25, -0.2) is 8.78 Å². The fourth-order valence-corrected chi connectivity index (χ4v) is 5.44. The van der Waals surface area contributed by atoms with Gasteiger partial charge in [-0.15, -0.1) is 0 Å². The largest absolute Gasteiger partial charge is 0.484 e. The van der Waals surface area contributed by atoms with E-state index in [1.807, 2.05) is 24.3 Å². The van der Waals surface area contributed by atoms with Crippen LogP contribution in [-0.4, -0.2) is 6.61 Å². The van der Waals surface area contributed by atoms with Gasteiger partial charge in [0.2, 0.25) is 0 Å². The number of benzene rings is 2. The van der Waals surface area contributed by atoms with Gasteiger partial charge in [0, 0.05) is 16.0 Å². The van der Waals surface area contributed by atoms with Crippen LogP contribution in [0.5, 0.6) is 5.06 Å². The molecule has 2 saturated carbocycles. The van der Waals surface area contributed by atoms with Crippen LogP contribution in [0, 0.1) is 17.6 Å². The molecule has 2 fully saturated rings. The van der Waals surface area contributed by atoms with Crippen LogP contribution in [0.3, 0.4) is 0 Å². The monoisotopic (exact) mass is 424 g/mol. The van der Waals surface area contributed by atoms with Gasteiger partial charge in [0.1, 0.15) is 0 Å². The van der Waals surface area contributed by atoms with E-state index < -0.39 is 11.6 Å². The Bertz CT molecular complexity index is 1010. The molecule has 156 valence electrons. The summed E-state index contributed by atoms with van der Waals surface area (Å²) < 4.78 is 35.7. The Morgan fingerprint density at radius 3 is 2.17 bits per heavy atom. The highest BCUT2D eigenvalue weighted by atomic mass is 32.1. The average Bonchev–Trinajstić information content (AvgIpc) is 3.41. The van der Waals surface area contributed by atoms with Crippen molar-refractivity contribution in [1.29, 1.82) is 0 Å². The van der Waals surface area contributed by atoms with Crippen LogP contribution in [0.15, 0.2) is 48.5 Å². The van der Waals surface area contributed by atoms with Crippen molar-refractivity contribution >= 4 is 11.3 Å². The molecule has 2 aliphatic rings. The molecule has 0 saturated heterocycles. The van der Waals surface area contributed by atoms with Gasteiger partial charge in [0.15, 0.2) is 16.7 Å². The van der Waals surface area contributed by atoms with Crippen molar-refractivity contribution in [3.8, 4) is 26.6 Å². The minimum Gasteiger partial charge on any atom is -0.484 e. The van der Waals surface area contributed by atoms with Crippen LogP contribution in [-0.2, 0) is 0 Å². The van der Waals surface area contributed by atoms with E-state index in [0.29, 0.717) is 34.4 Å². The third kappa shape index (κ3) is 3.90. The minimum absolute atomic E-state index is 0.294. The number of ether oxygens (including phenoxy) is 1. The van der Waals surface area contributed by atoms with Gasteiger partial charge in [-0.2, -0.15) is 0 Å². The zero-order valence-corrected chi connectivity index (χ0v) is 17.8. The minimum atomic E-state index is -0.792. The molecule has 0 spiro atoms. The van der Waals surface area contributed by atoms with Crippen molar-refractivity contribution in [2.75, 3.05) is 6.61 Å². The molecule has 0 unspecified atom stereocenters. The molecule has 3 aromatic rings. The lowest BCUT2D eigenvalue weighted by Crippen LogP contribution is -2.18. The predicted octanol–water partition coefficient (Wildman–Crippen LogP) is 8.20. The molecule has 4 heteroatoms. The lowest BCUT2D eigenvalue weighted by atomic mass is 9.86. The summed E-state index contributed by atoms with van der Waals surface area (Å²) in [7, 11) is 0. The summed E-state index contributed by atoms with van der Waals surface area (Å²) >= 11 is 1.37. The smallest absolute Gasteiger partial charge is 0.174 e. The second-order valence-electron chi connectivity index (χ2n) is 8.62. The molecule has 2 aliphatic carbocycles. The Morgan fingerprint density at radius 1 is 0.767 bits per heavy atom. The Balaban J connectivity index is 1.35. The number of halogens is 2. The Kier molecular flexibility index (Phi) is 5.60. The normalized spacial score (nSPS) is 17.3. The number of rotatable bonds is 6. The Hall–Kier alpha value is -2.20. The first kappa shape index (κ1) is 19.7. The van der Waals surface area contributed by atoms with Crippen molar-refractivity contribution in [2.45, 2.75) is 50.9 Å². The molecule has 5 rings (SSSR count). The fraction of sp³-hybridized carbons (Fsp3) is 0.385. The summed E-state index contributed by atoms with van der Waals surface area (Å²) in [6, 6.07) is 15.0. The molecule has 0 amide bonds. The molecule has 1 nitrogen and oxygen atoms in total. The average molecular weight is 425 g/mol. The number of thiophene rings is 1. The quantitative estimate of drug-likeness (QED) is 0.387. The van der Waals surface area contributed by atoms with Crippen molar-refractivity contribution in [2.24, 2.45) is 5.92 Å². The van der Waals surface area contributed by atoms with Crippen LogP contribution < -0.4 is 4.74 Å². The van der Waals surface area contributed by atoms with Gasteiger partial charge in [-0.3, -0.25) is 0 Å². The van der Waals surface area contributed by atoms with Gasteiger partial charge in [0.25, 0.3) is 0 Å². The van der Waals surface area contributed by atoms with E-state index in [0.717, 1.165) is 10.6 Å². The van der Waals surface area contributed by atoms with E-state index in [1.165, 1.54) is 61.8 Å². The SMILES string of the molecule is Fc1c(-c2ccc(C3CCCC3)cc2)ccc(-c2ccc(OCC3CCC3)s2)c1F. The Labute approximate surface area is 180 Å². The van der Waals surface area contributed by atoms with E-state index >= 15 is 0 Å². The number of hydrogen-bond donors (Lipinski definition) is 0. The van der Waals surface area contributed by atoms with Gasteiger partial charge in [-0.1, -0.05) is 60.9 Å². The predicted molar refractivity (Wildman–Crippen MR) is 119 cm³/mol. The van der Waals surface area contributed by atoms with Crippen LogP contribution >= 0.6 is 11.3 Å². The summed E-state index contributed by atoms with van der Waals surface area (Å²) in [5.74, 6) is -0.321. The standard InChI is InChI=1S/C26H26F2OS/c27-25-21(20-10-8-19(9-11-20)18-6-1-2-7-18)12-13-22(26(25)28)23-14-15-24(30-23)29-16-17-4-3-5-17/h8-15,17-18H,1-7,16H2. The molecule has 0 radical (unpaired) electrons. The first-order valence-corrected chi connectivity index (χ1v) is 11.8. The van der Waals surface area contributed by atoms with E-state index in [-0.39, 0.29) is 0 Å². The van der Waals surface area contributed by atoms with E-state index in [2.05, 4.69) is 12.1 Å². The van der Waals surface area contributed by atoms with Crippen molar-refractivity contribution in [1.82, 2.24) is 0 Å². The van der Waals surface area contributed by atoms with Crippen LogP contribution in [0.1, 0.15) is 56.4 Å². The molecule has 0 bridgehead atoms. The third-order valence-corrected chi connectivity index (χ3v) is 7.69. The van der Waals surface area contributed by atoms with Crippen LogP contribution in [0.4, 0.5) is 8.78 Å². The molecule has 0 atom stereocenters.